The van der Waals surface area contributed by atoms with E-state index in [9.17, 15) is 14.7 Å². The van der Waals surface area contributed by atoms with E-state index in [1.165, 1.54) is 14.2 Å². The average Bonchev–Trinajstić information content (AvgIpc) is 2.59. The number of benzene rings is 2. The van der Waals surface area contributed by atoms with Crippen LogP contribution >= 0.6 is 0 Å². The molecule has 5 nitrogen and oxygen atoms in total. The Balaban J connectivity index is 2.34. The highest BCUT2D eigenvalue weighted by Gasteiger charge is 2.15. The van der Waals surface area contributed by atoms with Gasteiger partial charge in [-0.05, 0) is 35.4 Å². The number of ether oxygens (including phenoxy) is 2. The smallest absolute Gasteiger partial charge is 0.337 e. The molecule has 0 aliphatic rings. The Kier molecular flexibility index (Phi) is 4.91. The minimum absolute atomic E-state index is 0.350. The summed E-state index contributed by atoms with van der Waals surface area (Å²) in [6.45, 7) is 0. The molecule has 0 fully saturated rings. The Hall–Kier alpha value is -2.66. The van der Waals surface area contributed by atoms with Crippen molar-refractivity contribution in [2.24, 2.45) is 0 Å². The first-order valence-electron chi connectivity index (χ1n) is 6.61. The lowest BCUT2D eigenvalue weighted by Crippen LogP contribution is -2.06. The molecular formula is C17H16O5. The number of hydrogen-bond acceptors (Lipinski definition) is 5. The molecular weight excluding hydrogens is 284 g/mol. The molecule has 0 amide bonds. The number of esters is 2. The zero-order chi connectivity index (χ0) is 16.1. The van der Waals surface area contributed by atoms with Crippen molar-refractivity contribution in [1.29, 1.82) is 0 Å². The summed E-state index contributed by atoms with van der Waals surface area (Å²) in [7, 11) is 2.59. The predicted octanol–water partition coefficient (Wildman–Crippen LogP) is 2.34. The lowest BCUT2D eigenvalue weighted by molar-refractivity contribution is 0.0592. The average molecular weight is 300 g/mol. The Bertz CT molecular complexity index is 633. The summed E-state index contributed by atoms with van der Waals surface area (Å²) in [5.41, 5.74) is 1.76. The van der Waals surface area contributed by atoms with E-state index in [0.29, 0.717) is 22.3 Å². The van der Waals surface area contributed by atoms with E-state index in [1.54, 1.807) is 48.5 Å². The fourth-order valence-corrected chi connectivity index (χ4v) is 2.10. The van der Waals surface area contributed by atoms with Gasteiger partial charge in [-0.15, -0.1) is 0 Å². The summed E-state index contributed by atoms with van der Waals surface area (Å²) in [5.74, 6) is -0.949. The van der Waals surface area contributed by atoms with E-state index in [1.807, 2.05) is 0 Å². The minimum atomic E-state index is -0.964. The van der Waals surface area contributed by atoms with E-state index in [-0.39, 0.29) is 0 Å². The lowest BCUT2D eigenvalue weighted by atomic mass is 9.98. The number of aliphatic hydroxyl groups is 1. The fourth-order valence-electron chi connectivity index (χ4n) is 2.10. The molecule has 0 saturated carbocycles. The molecule has 0 atom stereocenters. The van der Waals surface area contributed by atoms with Crippen LogP contribution in [0, 0.1) is 0 Å². The van der Waals surface area contributed by atoms with Crippen LogP contribution in [0.15, 0.2) is 48.5 Å². The third kappa shape index (κ3) is 3.32. The van der Waals surface area contributed by atoms with E-state index in [2.05, 4.69) is 9.47 Å². The molecule has 0 aromatic heterocycles. The molecule has 114 valence electrons. The van der Waals surface area contributed by atoms with Gasteiger partial charge in [0.1, 0.15) is 6.10 Å². The normalized spacial score (nSPS) is 10.4. The van der Waals surface area contributed by atoms with Gasteiger partial charge in [0.05, 0.1) is 25.3 Å². The molecule has 0 aliphatic carbocycles. The summed E-state index contributed by atoms with van der Waals surface area (Å²) in [5, 5.41) is 10.4. The highest BCUT2D eigenvalue weighted by molar-refractivity contribution is 5.90. The quantitative estimate of drug-likeness (QED) is 0.877. The zero-order valence-corrected chi connectivity index (χ0v) is 12.3. The van der Waals surface area contributed by atoms with Gasteiger partial charge in [0.2, 0.25) is 0 Å². The Morgan fingerprint density at radius 2 is 1.27 bits per heavy atom. The van der Waals surface area contributed by atoms with Gasteiger partial charge in [-0.25, -0.2) is 9.59 Å². The predicted molar refractivity (Wildman–Crippen MR) is 79.6 cm³/mol. The van der Waals surface area contributed by atoms with Gasteiger partial charge >= 0.3 is 11.9 Å². The van der Waals surface area contributed by atoms with Crippen molar-refractivity contribution in [3.05, 3.63) is 70.8 Å². The van der Waals surface area contributed by atoms with Crippen molar-refractivity contribution >= 4 is 11.9 Å². The summed E-state index contributed by atoms with van der Waals surface area (Å²) in [6, 6.07) is 13.0. The van der Waals surface area contributed by atoms with Gasteiger partial charge in [-0.1, -0.05) is 24.3 Å². The van der Waals surface area contributed by atoms with Crippen LogP contribution in [-0.4, -0.2) is 31.3 Å². The molecule has 0 saturated heterocycles. The van der Waals surface area contributed by atoms with Crippen LogP contribution in [0.3, 0.4) is 0 Å². The molecule has 22 heavy (non-hydrogen) atoms. The third-order valence-electron chi connectivity index (χ3n) is 3.25. The Morgan fingerprint density at radius 1 is 0.864 bits per heavy atom. The van der Waals surface area contributed by atoms with Gasteiger partial charge in [0, 0.05) is 0 Å². The number of aliphatic hydroxyl groups excluding tert-OH is 1. The lowest BCUT2D eigenvalue weighted by Gasteiger charge is -2.13. The van der Waals surface area contributed by atoms with E-state index in [4.69, 9.17) is 0 Å². The van der Waals surface area contributed by atoms with E-state index >= 15 is 0 Å². The molecule has 0 heterocycles. The summed E-state index contributed by atoms with van der Waals surface area (Å²) >= 11 is 0. The summed E-state index contributed by atoms with van der Waals surface area (Å²) in [4.78, 5) is 23.1. The first-order valence-corrected chi connectivity index (χ1v) is 6.61. The highest BCUT2D eigenvalue weighted by Crippen LogP contribution is 2.24. The van der Waals surface area contributed by atoms with Crippen molar-refractivity contribution in [2.75, 3.05) is 14.2 Å². The van der Waals surface area contributed by atoms with Gasteiger partial charge in [-0.2, -0.15) is 0 Å². The molecule has 2 aromatic rings. The van der Waals surface area contributed by atoms with Crippen LogP contribution in [0.4, 0.5) is 0 Å². The van der Waals surface area contributed by atoms with Gasteiger partial charge in [-0.3, -0.25) is 0 Å². The minimum Gasteiger partial charge on any atom is -0.465 e. The van der Waals surface area contributed by atoms with Crippen molar-refractivity contribution in [3.63, 3.8) is 0 Å². The molecule has 0 unspecified atom stereocenters. The van der Waals surface area contributed by atoms with Crippen LogP contribution < -0.4 is 0 Å². The second kappa shape index (κ2) is 6.87. The highest BCUT2D eigenvalue weighted by atomic mass is 16.5. The fraction of sp³-hybridized carbons (Fsp3) is 0.176. The number of hydrogen-bond donors (Lipinski definition) is 1. The van der Waals surface area contributed by atoms with Crippen LogP contribution in [0.25, 0.3) is 0 Å². The first-order chi connectivity index (χ1) is 10.6. The Morgan fingerprint density at radius 3 is 1.64 bits per heavy atom. The number of carbonyl (C=O) groups is 2. The SMILES string of the molecule is COC(=O)c1cccc(C(O)c2cccc(C(=O)OC)c2)c1. The third-order valence-corrected chi connectivity index (χ3v) is 3.25. The number of rotatable bonds is 4. The summed E-state index contributed by atoms with van der Waals surface area (Å²) in [6.07, 6.45) is -0.964. The summed E-state index contributed by atoms with van der Waals surface area (Å²) < 4.78 is 9.32. The molecule has 1 N–H and O–H groups in total. The van der Waals surface area contributed by atoms with Crippen LogP contribution in [-0.2, 0) is 9.47 Å². The van der Waals surface area contributed by atoms with Crippen LogP contribution in [0.1, 0.15) is 37.9 Å². The molecule has 0 radical (unpaired) electrons. The van der Waals surface area contributed by atoms with Crippen molar-refractivity contribution in [2.45, 2.75) is 6.10 Å². The number of methoxy groups -OCH3 is 2. The van der Waals surface area contributed by atoms with Crippen LogP contribution in [0.2, 0.25) is 0 Å². The second-order valence-corrected chi connectivity index (χ2v) is 4.64. The molecule has 0 bridgehead atoms. The maximum absolute atomic E-state index is 11.5. The molecule has 2 rings (SSSR count). The van der Waals surface area contributed by atoms with Gasteiger partial charge in [0.25, 0.3) is 0 Å². The molecule has 2 aromatic carbocycles. The zero-order valence-electron chi connectivity index (χ0n) is 12.3. The first kappa shape index (κ1) is 15.7. The van der Waals surface area contributed by atoms with Gasteiger partial charge < -0.3 is 14.6 Å². The largest absolute Gasteiger partial charge is 0.465 e. The topological polar surface area (TPSA) is 72.8 Å². The van der Waals surface area contributed by atoms with Crippen LogP contribution in [0.5, 0.6) is 0 Å². The van der Waals surface area contributed by atoms with Crippen molar-refractivity contribution in [1.82, 2.24) is 0 Å². The second-order valence-electron chi connectivity index (χ2n) is 4.64. The Labute approximate surface area is 128 Å². The van der Waals surface area contributed by atoms with E-state index in [0.717, 1.165) is 0 Å². The molecule has 0 aliphatic heterocycles. The molecule has 0 spiro atoms. The number of carbonyl (C=O) groups excluding carboxylic acids is 2. The monoisotopic (exact) mass is 300 g/mol. The molecule has 5 heteroatoms. The maximum atomic E-state index is 11.5. The van der Waals surface area contributed by atoms with E-state index < -0.39 is 18.0 Å². The van der Waals surface area contributed by atoms with Gasteiger partial charge in [0.15, 0.2) is 0 Å². The standard InChI is InChI=1S/C17H16O5/c1-21-16(19)13-7-3-5-11(9-13)15(18)12-6-4-8-14(10-12)17(20)22-2/h3-10,15,18H,1-2H3. The van der Waals surface area contributed by atoms with Crippen molar-refractivity contribution < 1.29 is 24.2 Å². The maximum Gasteiger partial charge on any atom is 0.337 e. The van der Waals surface area contributed by atoms with Crippen molar-refractivity contribution in [3.8, 4) is 0 Å².